The third-order valence-corrected chi connectivity index (χ3v) is 5.50. The highest BCUT2D eigenvalue weighted by molar-refractivity contribution is 9.10. The van der Waals surface area contributed by atoms with Gasteiger partial charge < -0.3 is 9.88 Å². The second-order valence-corrected chi connectivity index (χ2v) is 8.62. The Morgan fingerprint density at radius 2 is 1.96 bits per heavy atom. The van der Waals surface area contributed by atoms with Crippen molar-refractivity contribution in [3.63, 3.8) is 0 Å². The van der Waals surface area contributed by atoms with Gasteiger partial charge in [0.15, 0.2) is 0 Å². The van der Waals surface area contributed by atoms with Gasteiger partial charge in [-0.05, 0) is 43.7 Å². The minimum absolute atomic E-state index is 0.0720. The topological polar surface area (TPSA) is 97.3 Å². The molecule has 0 fully saturated rings. The van der Waals surface area contributed by atoms with E-state index in [-0.39, 0.29) is 23.9 Å². The summed E-state index contributed by atoms with van der Waals surface area (Å²) in [6, 6.07) is 10.5. The number of nitrogens with zero attached hydrogens (tertiary/aromatic N) is 1. The number of anilines is 1. The van der Waals surface area contributed by atoms with Crippen molar-refractivity contribution in [2.45, 2.75) is 26.9 Å². The number of carbonyl (C=O) groups excluding carboxylic acids is 1. The second kappa shape index (κ2) is 8.50. The molecule has 2 N–H and O–H groups in total. The van der Waals surface area contributed by atoms with E-state index in [1.54, 1.807) is 13.0 Å². The van der Waals surface area contributed by atoms with Crippen molar-refractivity contribution in [3.05, 3.63) is 62.5 Å². The van der Waals surface area contributed by atoms with Crippen LogP contribution in [0.25, 0.3) is 0 Å². The molecule has 0 aliphatic rings. The van der Waals surface area contributed by atoms with Crippen LogP contribution in [0.1, 0.15) is 18.2 Å². The number of benzene rings is 1. The number of hydrogen-bond acceptors (Lipinski definition) is 4. The molecule has 2 rings (SSSR count). The van der Waals surface area contributed by atoms with Crippen molar-refractivity contribution < 1.29 is 13.2 Å². The Bertz CT molecular complexity index is 970. The van der Waals surface area contributed by atoms with E-state index in [0.717, 1.165) is 10.0 Å². The number of rotatable bonds is 7. The summed E-state index contributed by atoms with van der Waals surface area (Å²) in [5, 5.41) is 2.75. The first kappa shape index (κ1) is 20.2. The Kier molecular flexibility index (Phi) is 6.60. The van der Waals surface area contributed by atoms with E-state index in [2.05, 4.69) is 26.0 Å². The van der Waals surface area contributed by atoms with Crippen molar-refractivity contribution >= 4 is 37.5 Å². The Labute approximate surface area is 160 Å². The predicted octanol–water partition coefficient (Wildman–Crippen LogP) is 2.00. The molecule has 1 aromatic carbocycles. The molecule has 0 saturated carbocycles. The lowest BCUT2D eigenvalue weighted by molar-refractivity contribution is -0.121. The molecule has 2 aromatic rings. The van der Waals surface area contributed by atoms with Crippen LogP contribution in [0.15, 0.2) is 45.7 Å². The number of carbonyl (C=O) groups is 1. The number of halogens is 1. The van der Waals surface area contributed by atoms with Gasteiger partial charge in [0.2, 0.25) is 15.9 Å². The molecule has 7 nitrogen and oxygen atoms in total. The summed E-state index contributed by atoms with van der Waals surface area (Å²) in [5.41, 5.74) is 0.852. The summed E-state index contributed by atoms with van der Waals surface area (Å²) in [6.07, 6.45) is 0. The molecule has 0 aliphatic carbocycles. The monoisotopic (exact) mass is 441 g/mol. The fourth-order valence-corrected chi connectivity index (χ4v) is 3.31. The average molecular weight is 442 g/mol. The first-order valence-corrected chi connectivity index (χ1v) is 10.4. The van der Waals surface area contributed by atoms with Crippen LogP contribution >= 0.6 is 15.9 Å². The van der Waals surface area contributed by atoms with Crippen LogP contribution in [0, 0.1) is 6.92 Å². The van der Waals surface area contributed by atoms with Gasteiger partial charge in [-0.1, -0.05) is 28.1 Å². The van der Waals surface area contributed by atoms with Crippen molar-refractivity contribution in [3.8, 4) is 0 Å². The van der Waals surface area contributed by atoms with Crippen LogP contribution in [-0.4, -0.2) is 24.6 Å². The molecule has 0 spiro atoms. The standard InChI is InChI=1S/C17H20BrN3O4S/c1-3-26(24,25)20-15-8-7-12(2)21(17(15)23)11-16(22)19-10-13-5-4-6-14(18)9-13/h4-9,20H,3,10-11H2,1-2H3,(H,19,22). The van der Waals surface area contributed by atoms with Gasteiger partial charge in [0.1, 0.15) is 12.2 Å². The van der Waals surface area contributed by atoms with Gasteiger partial charge >= 0.3 is 0 Å². The Morgan fingerprint density at radius 1 is 1.23 bits per heavy atom. The third kappa shape index (κ3) is 5.43. The number of sulfonamides is 1. The summed E-state index contributed by atoms with van der Waals surface area (Å²) in [7, 11) is -3.57. The van der Waals surface area contributed by atoms with Crippen LogP contribution in [0.4, 0.5) is 5.69 Å². The molecule has 0 atom stereocenters. The van der Waals surface area contributed by atoms with Gasteiger partial charge in [-0.25, -0.2) is 8.42 Å². The molecule has 0 radical (unpaired) electrons. The van der Waals surface area contributed by atoms with Gasteiger partial charge in [-0.2, -0.15) is 0 Å². The lowest BCUT2D eigenvalue weighted by atomic mass is 10.2. The molecule has 1 aromatic heterocycles. The number of aromatic nitrogens is 1. The zero-order chi connectivity index (χ0) is 19.3. The number of aryl methyl sites for hydroxylation is 1. The van der Waals surface area contributed by atoms with E-state index in [9.17, 15) is 18.0 Å². The van der Waals surface area contributed by atoms with Crippen LogP contribution in [0.2, 0.25) is 0 Å². The zero-order valence-corrected chi connectivity index (χ0v) is 16.9. The first-order valence-electron chi connectivity index (χ1n) is 7.94. The van der Waals surface area contributed by atoms with E-state index in [0.29, 0.717) is 12.2 Å². The van der Waals surface area contributed by atoms with Crippen LogP contribution in [0.3, 0.4) is 0 Å². The number of hydrogen-bond donors (Lipinski definition) is 2. The predicted molar refractivity (Wildman–Crippen MR) is 105 cm³/mol. The largest absolute Gasteiger partial charge is 0.350 e. The molecule has 9 heteroatoms. The van der Waals surface area contributed by atoms with Gasteiger partial charge in [-0.3, -0.25) is 14.3 Å². The van der Waals surface area contributed by atoms with Crippen molar-refractivity contribution in [2.24, 2.45) is 0 Å². The summed E-state index contributed by atoms with van der Waals surface area (Å²) in [4.78, 5) is 24.7. The van der Waals surface area contributed by atoms with E-state index in [1.165, 1.54) is 17.6 Å². The second-order valence-electron chi connectivity index (χ2n) is 5.69. The van der Waals surface area contributed by atoms with E-state index >= 15 is 0 Å². The fourth-order valence-electron chi connectivity index (χ4n) is 2.23. The fraction of sp³-hybridized carbons (Fsp3) is 0.294. The van der Waals surface area contributed by atoms with E-state index in [1.807, 2.05) is 24.3 Å². The number of nitrogens with one attached hydrogen (secondary N) is 2. The highest BCUT2D eigenvalue weighted by atomic mass is 79.9. The maximum absolute atomic E-state index is 12.5. The van der Waals surface area contributed by atoms with Crippen LogP contribution in [-0.2, 0) is 27.9 Å². The maximum Gasteiger partial charge on any atom is 0.275 e. The van der Waals surface area contributed by atoms with Gasteiger partial charge in [-0.15, -0.1) is 0 Å². The van der Waals surface area contributed by atoms with Crippen LogP contribution < -0.4 is 15.6 Å². The van der Waals surface area contributed by atoms with Gasteiger partial charge in [0.05, 0.1) is 5.75 Å². The van der Waals surface area contributed by atoms with Crippen molar-refractivity contribution in [2.75, 3.05) is 10.5 Å². The lowest BCUT2D eigenvalue weighted by Crippen LogP contribution is -2.34. The summed E-state index contributed by atoms with van der Waals surface area (Å²) in [6.45, 7) is 3.29. The third-order valence-electron chi connectivity index (χ3n) is 3.72. The van der Waals surface area contributed by atoms with Gasteiger partial charge in [0.25, 0.3) is 5.56 Å². The highest BCUT2D eigenvalue weighted by Crippen LogP contribution is 2.11. The Balaban J connectivity index is 2.13. The number of amides is 1. The Morgan fingerprint density at radius 3 is 2.62 bits per heavy atom. The smallest absolute Gasteiger partial charge is 0.275 e. The molecule has 140 valence electrons. The lowest BCUT2D eigenvalue weighted by Gasteiger charge is -2.13. The molecule has 0 saturated heterocycles. The van der Waals surface area contributed by atoms with Crippen molar-refractivity contribution in [1.29, 1.82) is 0 Å². The quantitative estimate of drug-likeness (QED) is 0.686. The Hall–Kier alpha value is -2.13. The normalized spacial score (nSPS) is 11.2. The van der Waals surface area contributed by atoms with Crippen LogP contribution in [0.5, 0.6) is 0 Å². The maximum atomic E-state index is 12.5. The average Bonchev–Trinajstić information content (AvgIpc) is 2.59. The minimum atomic E-state index is -3.57. The zero-order valence-electron chi connectivity index (χ0n) is 14.5. The summed E-state index contributed by atoms with van der Waals surface area (Å²) in [5.74, 6) is -0.487. The van der Waals surface area contributed by atoms with Gasteiger partial charge in [0, 0.05) is 16.7 Å². The summed E-state index contributed by atoms with van der Waals surface area (Å²) < 4.78 is 27.8. The minimum Gasteiger partial charge on any atom is -0.350 e. The van der Waals surface area contributed by atoms with E-state index < -0.39 is 15.6 Å². The molecule has 1 amide bonds. The molecule has 0 bridgehead atoms. The molecular weight excluding hydrogens is 422 g/mol. The first-order chi connectivity index (χ1) is 12.2. The molecule has 0 unspecified atom stereocenters. The van der Waals surface area contributed by atoms with Crippen molar-refractivity contribution in [1.82, 2.24) is 9.88 Å². The number of pyridine rings is 1. The SMILES string of the molecule is CCS(=O)(=O)Nc1ccc(C)n(CC(=O)NCc2cccc(Br)c2)c1=O. The highest BCUT2D eigenvalue weighted by Gasteiger charge is 2.14. The summed E-state index contributed by atoms with van der Waals surface area (Å²) >= 11 is 3.37. The molecular formula is C17H20BrN3O4S. The molecule has 26 heavy (non-hydrogen) atoms. The van der Waals surface area contributed by atoms with E-state index in [4.69, 9.17) is 0 Å². The molecule has 0 aliphatic heterocycles. The molecule has 1 heterocycles.